The maximum atomic E-state index is 13.6. The highest BCUT2D eigenvalue weighted by atomic mass is 79.9. The van der Waals surface area contributed by atoms with E-state index in [4.69, 9.17) is 5.73 Å². The molecule has 1 aliphatic heterocycles. The predicted molar refractivity (Wildman–Crippen MR) is 66.0 cm³/mol. The molecule has 0 bridgehead atoms. The summed E-state index contributed by atoms with van der Waals surface area (Å²) in [6.45, 7) is 1.96. The summed E-state index contributed by atoms with van der Waals surface area (Å²) in [5.41, 5.74) is 6.70. The van der Waals surface area contributed by atoms with Crippen LogP contribution in [0.1, 0.15) is 18.9 Å². The Bertz CT molecular complexity index is 482. The fraction of sp³-hybridized carbons (Fsp3) is 0.273. The van der Waals surface area contributed by atoms with Gasteiger partial charge in [0.15, 0.2) is 0 Å². The van der Waals surface area contributed by atoms with E-state index in [1.807, 2.05) is 6.92 Å². The molecule has 2 rings (SSSR count). The SMILES string of the molecule is CC1CC(N)=NN=C1c1cc(Br)ccc1F. The number of benzene rings is 1. The van der Waals surface area contributed by atoms with Crippen LogP contribution in [-0.4, -0.2) is 11.5 Å². The van der Waals surface area contributed by atoms with Crippen molar-refractivity contribution in [3.05, 3.63) is 34.1 Å². The largest absolute Gasteiger partial charge is 0.386 e. The minimum atomic E-state index is -0.288. The van der Waals surface area contributed by atoms with Gasteiger partial charge in [-0.2, -0.15) is 5.10 Å². The number of nitrogens with two attached hydrogens (primary N) is 1. The molecule has 16 heavy (non-hydrogen) atoms. The topological polar surface area (TPSA) is 50.7 Å². The zero-order valence-electron chi connectivity index (χ0n) is 8.74. The van der Waals surface area contributed by atoms with Crippen LogP contribution in [0.4, 0.5) is 4.39 Å². The lowest BCUT2D eigenvalue weighted by Crippen LogP contribution is -2.25. The first kappa shape index (κ1) is 11.3. The van der Waals surface area contributed by atoms with Gasteiger partial charge < -0.3 is 5.73 Å². The Morgan fingerprint density at radius 2 is 2.19 bits per heavy atom. The van der Waals surface area contributed by atoms with E-state index in [0.717, 1.165) is 4.47 Å². The summed E-state index contributed by atoms with van der Waals surface area (Å²) in [5.74, 6) is 0.289. The van der Waals surface area contributed by atoms with E-state index in [1.54, 1.807) is 12.1 Å². The van der Waals surface area contributed by atoms with Crippen LogP contribution in [0, 0.1) is 11.7 Å². The molecule has 1 heterocycles. The van der Waals surface area contributed by atoms with Crippen LogP contribution in [0.25, 0.3) is 0 Å². The summed E-state index contributed by atoms with van der Waals surface area (Å²) in [4.78, 5) is 0. The van der Waals surface area contributed by atoms with Crippen molar-refractivity contribution in [2.75, 3.05) is 0 Å². The standard InChI is InChI=1S/C11H11BrFN3/c1-6-4-10(14)15-16-11(6)8-5-7(12)2-3-9(8)13/h2-3,5-6H,4H2,1H3,(H2,14,15). The van der Waals surface area contributed by atoms with E-state index in [9.17, 15) is 4.39 Å². The Kier molecular flexibility index (Phi) is 3.05. The van der Waals surface area contributed by atoms with Gasteiger partial charge in [0, 0.05) is 22.4 Å². The number of hydrogen-bond acceptors (Lipinski definition) is 3. The van der Waals surface area contributed by atoms with Gasteiger partial charge in [-0.1, -0.05) is 22.9 Å². The van der Waals surface area contributed by atoms with Gasteiger partial charge in [-0.3, -0.25) is 0 Å². The van der Waals surface area contributed by atoms with E-state index >= 15 is 0 Å². The fourth-order valence-corrected chi connectivity index (χ4v) is 2.04. The first-order valence-electron chi connectivity index (χ1n) is 4.93. The van der Waals surface area contributed by atoms with Gasteiger partial charge in [0.1, 0.15) is 11.7 Å². The average Bonchev–Trinajstić information content (AvgIpc) is 2.22. The van der Waals surface area contributed by atoms with E-state index in [1.165, 1.54) is 6.07 Å². The first-order chi connectivity index (χ1) is 7.58. The molecule has 0 fully saturated rings. The second-order valence-corrected chi connectivity index (χ2v) is 4.72. The summed E-state index contributed by atoms with van der Waals surface area (Å²) < 4.78 is 14.5. The quantitative estimate of drug-likeness (QED) is 0.847. The van der Waals surface area contributed by atoms with Crippen molar-refractivity contribution in [2.24, 2.45) is 21.9 Å². The lowest BCUT2D eigenvalue weighted by Gasteiger charge is -2.17. The van der Waals surface area contributed by atoms with Gasteiger partial charge in [-0.15, -0.1) is 5.10 Å². The lowest BCUT2D eigenvalue weighted by atomic mass is 9.94. The molecule has 1 aromatic rings. The van der Waals surface area contributed by atoms with Gasteiger partial charge in [-0.05, 0) is 18.2 Å². The Hall–Kier alpha value is -1.23. The highest BCUT2D eigenvalue weighted by molar-refractivity contribution is 9.10. The molecule has 0 spiro atoms. The van der Waals surface area contributed by atoms with E-state index in [0.29, 0.717) is 23.5 Å². The molecule has 1 aliphatic rings. The second kappa shape index (κ2) is 4.33. The summed E-state index contributed by atoms with van der Waals surface area (Å²) in [5, 5.41) is 7.79. The zero-order chi connectivity index (χ0) is 11.7. The van der Waals surface area contributed by atoms with E-state index in [2.05, 4.69) is 26.1 Å². The molecule has 0 aliphatic carbocycles. The third-order valence-corrected chi connectivity index (χ3v) is 2.97. The highest BCUT2D eigenvalue weighted by Gasteiger charge is 2.21. The predicted octanol–water partition coefficient (Wildman–Crippen LogP) is 2.69. The third kappa shape index (κ3) is 2.14. The highest BCUT2D eigenvalue weighted by Crippen LogP contribution is 2.22. The molecule has 5 heteroatoms. The molecule has 0 saturated heterocycles. The molecule has 0 amide bonds. The number of rotatable bonds is 1. The number of halogens is 2. The van der Waals surface area contributed by atoms with Crippen LogP contribution < -0.4 is 5.73 Å². The van der Waals surface area contributed by atoms with Crippen LogP contribution in [0.3, 0.4) is 0 Å². The molecule has 2 N–H and O–H groups in total. The number of nitrogens with zero attached hydrogens (tertiary/aromatic N) is 2. The number of hydrogen-bond donors (Lipinski definition) is 1. The summed E-state index contributed by atoms with van der Waals surface area (Å²) in [6.07, 6.45) is 0.616. The van der Waals surface area contributed by atoms with Crippen LogP contribution >= 0.6 is 15.9 Å². The van der Waals surface area contributed by atoms with Crippen molar-refractivity contribution in [1.82, 2.24) is 0 Å². The molecule has 0 radical (unpaired) electrons. The smallest absolute Gasteiger partial charge is 0.132 e. The molecule has 1 aromatic carbocycles. The summed E-state index contributed by atoms with van der Waals surface area (Å²) in [7, 11) is 0. The lowest BCUT2D eigenvalue weighted by molar-refractivity contribution is 0.621. The second-order valence-electron chi connectivity index (χ2n) is 3.81. The molecular formula is C11H11BrFN3. The van der Waals surface area contributed by atoms with Crippen molar-refractivity contribution in [1.29, 1.82) is 0 Å². The average molecular weight is 284 g/mol. The Balaban J connectivity index is 2.48. The van der Waals surface area contributed by atoms with Crippen molar-refractivity contribution in [3.8, 4) is 0 Å². The molecular weight excluding hydrogens is 273 g/mol. The Morgan fingerprint density at radius 3 is 2.88 bits per heavy atom. The van der Waals surface area contributed by atoms with Crippen molar-refractivity contribution in [2.45, 2.75) is 13.3 Å². The van der Waals surface area contributed by atoms with Gasteiger partial charge in [0.2, 0.25) is 0 Å². The van der Waals surface area contributed by atoms with Crippen molar-refractivity contribution in [3.63, 3.8) is 0 Å². The van der Waals surface area contributed by atoms with Crippen molar-refractivity contribution < 1.29 is 4.39 Å². The third-order valence-electron chi connectivity index (χ3n) is 2.47. The maximum absolute atomic E-state index is 13.6. The van der Waals surface area contributed by atoms with Crippen molar-refractivity contribution >= 4 is 27.5 Å². The molecule has 1 atom stereocenters. The van der Waals surface area contributed by atoms with Gasteiger partial charge >= 0.3 is 0 Å². The minimum absolute atomic E-state index is 0.0845. The first-order valence-corrected chi connectivity index (χ1v) is 5.72. The van der Waals surface area contributed by atoms with Crippen LogP contribution in [-0.2, 0) is 0 Å². The van der Waals surface area contributed by atoms with Crippen LogP contribution in [0.15, 0.2) is 32.9 Å². The molecule has 0 aromatic heterocycles. The van der Waals surface area contributed by atoms with Crippen LogP contribution in [0.5, 0.6) is 0 Å². The normalized spacial score (nSPS) is 20.3. The van der Waals surface area contributed by atoms with E-state index in [-0.39, 0.29) is 11.7 Å². The summed E-state index contributed by atoms with van der Waals surface area (Å²) in [6, 6.07) is 4.78. The zero-order valence-corrected chi connectivity index (χ0v) is 10.3. The van der Waals surface area contributed by atoms with Gasteiger partial charge in [-0.25, -0.2) is 4.39 Å². The van der Waals surface area contributed by atoms with Crippen LogP contribution in [0.2, 0.25) is 0 Å². The Morgan fingerprint density at radius 1 is 1.44 bits per heavy atom. The molecule has 0 saturated carbocycles. The maximum Gasteiger partial charge on any atom is 0.132 e. The number of amidine groups is 1. The van der Waals surface area contributed by atoms with E-state index < -0.39 is 0 Å². The summed E-state index contributed by atoms with van der Waals surface area (Å²) >= 11 is 3.31. The Labute approximate surface area is 101 Å². The fourth-order valence-electron chi connectivity index (χ4n) is 1.68. The molecule has 3 nitrogen and oxygen atoms in total. The van der Waals surface area contributed by atoms with Gasteiger partial charge in [0.05, 0.1) is 5.71 Å². The van der Waals surface area contributed by atoms with Gasteiger partial charge in [0.25, 0.3) is 0 Å². The molecule has 1 unspecified atom stereocenters. The monoisotopic (exact) mass is 283 g/mol. The minimum Gasteiger partial charge on any atom is -0.386 e. The molecule has 84 valence electrons.